The monoisotopic (exact) mass is 482 g/mol. The van der Waals surface area contributed by atoms with Crippen molar-refractivity contribution in [3.8, 4) is 0 Å². The molecule has 2 aromatic rings. The highest BCUT2D eigenvalue weighted by molar-refractivity contribution is 14.0. The van der Waals surface area contributed by atoms with Crippen LogP contribution in [-0.2, 0) is 6.42 Å². The molecule has 0 amide bonds. The molecule has 6 heteroatoms. The lowest BCUT2D eigenvalue weighted by Gasteiger charge is -2.22. The van der Waals surface area contributed by atoms with Crippen molar-refractivity contribution in [1.29, 1.82) is 0 Å². The Hall–Kier alpha value is -1.70. The van der Waals surface area contributed by atoms with Crippen molar-refractivity contribution in [1.82, 2.24) is 10.6 Å². The van der Waals surface area contributed by atoms with E-state index in [1.165, 1.54) is 5.69 Å². The molecule has 1 aromatic heterocycles. The van der Waals surface area contributed by atoms with Crippen molar-refractivity contribution in [2.45, 2.75) is 45.2 Å². The molecule has 1 aromatic carbocycles. The summed E-state index contributed by atoms with van der Waals surface area (Å²) in [6, 6.07) is 15.4. The minimum atomic E-state index is 0. The van der Waals surface area contributed by atoms with Crippen LogP contribution >= 0.6 is 24.0 Å². The number of rotatable bonds is 7. The minimum absolute atomic E-state index is 0. The predicted molar refractivity (Wildman–Crippen MR) is 123 cm³/mol. The molecule has 0 saturated carbocycles. The van der Waals surface area contributed by atoms with Gasteiger partial charge in [-0.25, -0.2) is 0 Å². The van der Waals surface area contributed by atoms with Crippen LogP contribution in [0.3, 0.4) is 0 Å². The highest BCUT2D eigenvalue weighted by Crippen LogP contribution is 2.19. The summed E-state index contributed by atoms with van der Waals surface area (Å²) >= 11 is 0. The molecule has 2 heterocycles. The lowest BCUT2D eigenvalue weighted by atomic mass is 10.2. The van der Waals surface area contributed by atoms with Gasteiger partial charge >= 0.3 is 0 Å². The van der Waals surface area contributed by atoms with Gasteiger partial charge in [-0.2, -0.15) is 0 Å². The summed E-state index contributed by atoms with van der Waals surface area (Å²) in [7, 11) is 0. The number of hydrogen-bond acceptors (Lipinski definition) is 3. The normalized spacial score (nSPS) is 18.1. The Morgan fingerprint density at radius 1 is 1.26 bits per heavy atom. The molecule has 1 saturated heterocycles. The van der Waals surface area contributed by atoms with Gasteiger partial charge in [0, 0.05) is 43.8 Å². The van der Waals surface area contributed by atoms with Crippen LogP contribution in [0.5, 0.6) is 0 Å². The van der Waals surface area contributed by atoms with Gasteiger partial charge in [-0.3, -0.25) is 4.99 Å². The maximum Gasteiger partial charge on any atom is 0.191 e. The number of nitrogens with zero attached hydrogens (tertiary/aromatic N) is 2. The van der Waals surface area contributed by atoms with Gasteiger partial charge in [0.2, 0.25) is 0 Å². The standard InChI is InChI=1S/C21H30N4O.HI/c1-3-17(2)23-21(22-13-11-20-10-7-15-26-20)24-18-12-14-25(16-18)19-8-5-4-6-9-19;/h4-10,15,17-18H,3,11-14,16H2,1-2H3,(H2,22,23,24);1H. The van der Waals surface area contributed by atoms with Crippen molar-refractivity contribution in [3.63, 3.8) is 0 Å². The van der Waals surface area contributed by atoms with Crippen molar-refractivity contribution in [3.05, 3.63) is 54.5 Å². The lowest BCUT2D eigenvalue weighted by molar-refractivity contribution is 0.510. The number of nitrogens with one attached hydrogen (secondary N) is 2. The zero-order valence-corrected chi connectivity index (χ0v) is 18.6. The molecule has 1 aliphatic rings. The zero-order chi connectivity index (χ0) is 18.2. The second-order valence-electron chi connectivity index (χ2n) is 6.92. The van der Waals surface area contributed by atoms with Crippen LogP contribution in [0.2, 0.25) is 0 Å². The Bertz CT molecular complexity index is 675. The van der Waals surface area contributed by atoms with E-state index >= 15 is 0 Å². The first-order valence-corrected chi connectivity index (χ1v) is 9.64. The molecule has 2 atom stereocenters. The summed E-state index contributed by atoms with van der Waals surface area (Å²) < 4.78 is 5.40. The minimum Gasteiger partial charge on any atom is -0.469 e. The Morgan fingerprint density at radius 2 is 2.07 bits per heavy atom. The highest BCUT2D eigenvalue weighted by Gasteiger charge is 2.23. The molecule has 5 nitrogen and oxygen atoms in total. The number of anilines is 1. The van der Waals surface area contributed by atoms with Gasteiger partial charge in [0.15, 0.2) is 5.96 Å². The van der Waals surface area contributed by atoms with E-state index < -0.39 is 0 Å². The first kappa shape index (κ1) is 21.6. The summed E-state index contributed by atoms with van der Waals surface area (Å²) in [6.45, 7) is 7.17. The van der Waals surface area contributed by atoms with Crippen LogP contribution in [-0.4, -0.2) is 37.7 Å². The van der Waals surface area contributed by atoms with E-state index in [0.717, 1.165) is 44.1 Å². The number of aliphatic imine (C=N–C) groups is 1. The molecule has 27 heavy (non-hydrogen) atoms. The molecule has 0 aliphatic carbocycles. The number of furan rings is 1. The second-order valence-corrected chi connectivity index (χ2v) is 6.92. The second kappa shape index (κ2) is 11.2. The quantitative estimate of drug-likeness (QED) is 0.355. The van der Waals surface area contributed by atoms with Crippen LogP contribution in [0.15, 0.2) is 58.1 Å². The number of hydrogen-bond donors (Lipinski definition) is 2. The highest BCUT2D eigenvalue weighted by atomic mass is 127. The molecule has 1 fully saturated rings. The SMILES string of the molecule is CCC(C)NC(=NCCc1ccco1)NC1CCN(c2ccccc2)C1.I. The maximum atomic E-state index is 5.40. The molecule has 0 spiro atoms. The third-order valence-corrected chi connectivity index (χ3v) is 4.85. The maximum absolute atomic E-state index is 5.40. The summed E-state index contributed by atoms with van der Waals surface area (Å²) in [5.41, 5.74) is 1.29. The fraction of sp³-hybridized carbons (Fsp3) is 0.476. The van der Waals surface area contributed by atoms with E-state index in [9.17, 15) is 0 Å². The number of halogens is 1. The first-order chi connectivity index (χ1) is 12.7. The Morgan fingerprint density at radius 3 is 2.78 bits per heavy atom. The summed E-state index contributed by atoms with van der Waals surface area (Å²) in [5.74, 6) is 1.89. The largest absolute Gasteiger partial charge is 0.469 e. The van der Waals surface area contributed by atoms with Gasteiger partial charge in [0.05, 0.1) is 6.26 Å². The lowest BCUT2D eigenvalue weighted by Crippen LogP contribution is -2.47. The molecule has 1 aliphatic heterocycles. The van der Waals surface area contributed by atoms with Crippen LogP contribution in [0.1, 0.15) is 32.4 Å². The molecule has 0 radical (unpaired) electrons. The molecule has 3 rings (SSSR count). The van der Waals surface area contributed by atoms with E-state index in [1.54, 1.807) is 6.26 Å². The van der Waals surface area contributed by atoms with Gasteiger partial charge in [-0.05, 0) is 44.0 Å². The number of benzene rings is 1. The zero-order valence-electron chi connectivity index (χ0n) is 16.2. The molecule has 0 bridgehead atoms. The number of guanidine groups is 1. The third kappa shape index (κ3) is 6.75. The van der Waals surface area contributed by atoms with Gasteiger partial charge in [-0.15, -0.1) is 24.0 Å². The van der Waals surface area contributed by atoms with Crippen molar-refractivity contribution < 1.29 is 4.42 Å². The summed E-state index contributed by atoms with van der Waals surface area (Å²) in [6.07, 6.45) is 4.72. The Kier molecular flexibility index (Phi) is 8.97. The van der Waals surface area contributed by atoms with E-state index in [-0.39, 0.29) is 24.0 Å². The molecule has 2 N–H and O–H groups in total. The fourth-order valence-corrected chi connectivity index (χ4v) is 3.15. The topological polar surface area (TPSA) is 52.8 Å². The predicted octanol–water partition coefficient (Wildman–Crippen LogP) is 4.05. The molecular weight excluding hydrogens is 451 g/mol. The first-order valence-electron chi connectivity index (χ1n) is 9.64. The van der Waals surface area contributed by atoms with Gasteiger partial charge < -0.3 is 20.0 Å². The van der Waals surface area contributed by atoms with E-state index in [2.05, 4.69) is 59.7 Å². The van der Waals surface area contributed by atoms with Gasteiger partial charge in [0.25, 0.3) is 0 Å². The van der Waals surface area contributed by atoms with Crippen LogP contribution < -0.4 is 15.5 Å². The third-order valence-electron chi connectivity index (χ3n) is 4.85. The van der Waals surface area contributed by atoms with Crippen molar-refractivity contribution >= 4 is 35.6 Å². The van der Waals surface area contributed by atoms with E-state index in [4.69, 9.17) is 9.41 Å². The van der Waals surface area contributed by atoms with Crippen LogP contribution in [0.4, 0.5) is 5.69 Å². The molecule has 2 unspecified atom stereocenters. The Balaban J connectivity index is 0.00000261. The van der Waals surface area contributed by atoms with Gasteiger partial charge in [0.1, 0.15) is 5.76 Å². The average molecular weight is 482 g/mol. The summed E-state index contributed by atoms with van der Waals surface area (Å²) in [4.78, 5) is 7.20. The van der Waals surface area contributed by atoms with E-state index in [0.29, 0.717) is 18.6 Å². The number of para-hydroxylation sites is 1. The summed E-state index contributed by atoms with van der Waals surface area (Å²) in [5, 5.41) is 7.15. The van der Waals surface area contributed by atoms with Crippen molar-refractivity contribution in [2.24, 2.45) is 4.99 Å². The smallest absolute Gasteiger partial charge is 0.191 e. The molecule has 148 valence electrons. The fourth-order valence-electron chi connectivity index (χ4n) is 3.15. The molecular formula is C21H31IN4O. The average Bonchev–Trinajstić information content (AvgIpc) is 3.34. The van der Waals surface area contributed by atoms with Crippen LogP contribution in [0, 0.1) is 0 Å². The Labute approximate surface area is 179 Å². The van der Waals surface area contributed by atoms with Crippen molar-refractivity contribution in [2.75, 3.05) is 24.5 Å². The van der Waals surface area contributed by atoms with Gasteiger partial charge in [-0.1, -0.05) is 25.1 Å². The van der Waals surface area contributed by atoms with E-state index in [1.807, 2.05) is 12.1 Å². The van der Waals surface area contributed by atoms with Crippen LogP contribution in [0.25, 0.3) is 0 Å².